The molecule has 4 rings (SSSR count). The van der Waals surface area contributed by atoms with Crippen LogP contribution in [0.2, 0.25) is 0 Å². The van der Waals surface area contributed by atoms with Gasteiger partial charge in [-0.1, -0.05) is 65.5 Å². The summed E-state index contributed by atoms with van der Waals surface area (Å²) in [4.78, 5) is 0. The SMILES string of the molecule is CC(C)CCC[C@@H](C)[C@H]1CCC2C3CC=C4C[C@@H](C)CCC4C3CC[C@@]21C. The van der Waals surface area contributed by atoms with E-state index in [1.165, 1.54) is 57.8 Å². The van der Waals surface area contributed by atoms with Gasteiger partial charge < -0.3 is 0 Å². The first-order valence-corrected chi connectivity index (χ1v) is 12.6. The molecule has 3 saturated carbocycles. The van der Waals surface area contributed by atoms with Crippen molar-refractivity contribution in [3.05, 3.63) is 11.6 Å². The zero-order chi connectivity index (χ0) is 19.2. The predicted octanol–water partition coefficient (Wildman–Crippen LogP) is 8.27. The van der Waals surface area contributed by atoms with Gasteiger partial charge >= 0.3 is 0 Å². The van der Waals surface area contributed by atoms with Gasteiger partial charge in [-0.05, 0) is 104 Å². The van der Waals surface area contributed by atoms with E-state index in [2.05, 4.69) is 40.7 Å². The Morgan fingerprint density at radius 3 is 2.59 bits per heavy atom. The molecule has 0 N–H and O–H groups in total. The lowest BCUT2D eigenvalue weighted by Crippen LogP contribution is -2.46. The minimum absolute atomic E-state index is 0.658. The van der Waals surface area contributed by atoms with E-state index >= 15 is 0 Å². The van der Waals surface area contributed by atoms with Crippen LogP contribution in [0.25, 0.3) is 0 Å². The third-order valence-corrected chi connectivity index (χ3v) is 9.89. The van der Waals surface area contributed by atoms with Crippen LogP contribution in [0.4, 0.5) is 0 Å². The zero-order valence-electron chi connectivity index (χ0n) is 19.0. The fourth-order valence-electron chi connectivity index (χ4n) is 8.50. The third kappa shape index (κ3) is 3.69. The maximum atomic E-state index is 2.74. The van der Waals surface area contributed by atoms with E-state index in [0.717, 1.165) is 47.3 Å². The Morgan fingerprint density at radius 1 is 1.00 bits per heavy atom. The molecule has 0 radical (unpaired) electrons. The summed E-state index contributed by atoms with van der Waals surface area (Å²) < 4.78 is 0. The minimum atomic E-state index is 0.658. The fraction of sp³-hybridized carbons (Fsp3) is 0.926. The van der Waals surface area contributed by atoms with Gasteiger partial charge in [0.25, 0.3) is 0 Å². The lowest BCUT2D eigenvalue weighted by molar-refractivity contribution is -0.0260. The van der Waals surface area contributed by atoms with Crippen LogP contribution in [0.15, 0.2) is 11.6 Å². The van der Waals surface area contributed by atoms with Gasteiger partial charge in [-0.2, -0.15) is 0 Å². The molecule has 0 aromatic carbocycles. The van der Waals surface area contributed by atoms with E-state index < -0.39 is 0 Å². The van der Waals surface area contributed by atoms with Crippen LogP contribution in [-0.4, -0.2) is 0 Å². The zero-order valence-corrected chi connectivity index (χ0v) is 19.0. The average molecular weight is 371 g/mol. The van der Waals surface area contributed by atoms with Crippen LogP contribution in [0, 0.1) is 52.8 Å². The molecule has 3 fully saturated rings. The van der Waals surface area contributed by atoms with Gasteiger partial charge in [0.1, 0.15) is 0 Å². The van der Waals surface area contributed by atoms with Gasteiger partial charge in [-0.25, -0.2) is 0 Å². The smallest absolute Gasteiger partial charge is 0.0172 e. The fourth-order valence-corrected chi connectivity index (χ4v) is 8.50. The molecular formula is C27H46. The summed E-state index contributed by atoms with van der Waals surface area (Å²) in [6, 6.07) is 0. The average Bonchev–Trinajstić information content (AvgIpc) is 2.98. The monoisotopic (exact) mass is 370 g/mol. The van der Waals surface area contributed by atoms with E-state index in [4.69, 9.17) is 0 Å². The molecule has 0 aromatic rings. The molecule has 0 aromatic heterocycles. The molecule has 4 aliphatic rings. The Bertz CT molecular complexity index is 542. The lowest BCUT2D eigenvalue weighted by atomic mass is 9.51. The molecule has 154 valence electrons. The highest BCUT2D eigenvalue weighted by Crippen LogP contribution is 2.64. The first kappa shape index (κ1) is 20.0. The highest BCUT2D eigenvalue weighted by atomic mass is 14.6. The van der Waals surface area contributed by atoms with Crippen molar-refractivity contribution >= 4 is 0 Å². The normalized spacial score (nSPS) is 45.0. The molecule has 0 spiro atoms. The molecular weight excluding hydrogens is 324 g/mol. The van der Waals surface area contributed by atoms with Crippen LogP contribution in [0.1, 0.15) is 105 Å². The van der Waals surface area contributed by atoms with Crippen molar-refractivity contribution in [2.24, 2.45) is 52.8 Å². The summed E-state index contributed by atoms with van der Waals surface area (Å²) in [6.45, 7) is 12.6. The maximum Gasteiger partial charge on any atom is -0.0172 e. The first-order chi connectivity index (χ1) is 12.9. The molecule has 0 nitrogen and oxygen atoms in total. The maximum absolute atomic E-state index is 2.74. The summed E-state index contributed by atoms with van der Waals surface area (Å²) in [6.07, 6.45) is 19.1. The highest BCUT2D eigenvalue weighted by Gasteiger charge is 2.56. The Labute approximate surface area is 170 Å². The van der Waals surface area contributed by atoms with Crippen LogP contribution >= 0.6 is 0 Å². The molecule has 0 bridgehead atoms. The van der Waals surface area contributed by atoms with Crippen LogP contribution in [-0.2, 0) is 0 Å². The third-order valence-electron chi connectivity index (χ3n) is 9.89. The molecule has 4 aliphatic carbocycles. The predicted molar refractivity (Wildman–Crippen MR) is 118 cm³/mol. The summed E-state index contributed by atoms with van der Waals surface area (Å²) in [5.41, 5.74) is 2.54. The second-order valence-corrected chi connectivity index (χ2v) is 12.0. The minimum Gasteiger partial charge on any atom is -0.0847 e. The van der Waals surface area contributed by atoms with Crippen molar-refractivity contribution < 1.29 is 0 Å². The molecule has 0 heterocycles. The molecule has 8 atom stereocenters. The Hall–Kier alpha value is -0.260. The number of rotatable bonds is 5. The van der Waals surface area contributed by atoms with E-state index in [1.54, 1.807) is 12.8 Å². The Kier molecular flexibility index (Phi) is 5.84. The summed E-state index contributed by atoms with van der Waals surface area (Å²) in [5, 5.41) is 0. The van der Waals surface area contributed by atoms with Gasteiger partial charge in [0.05, 0.1) is 0 Å². The second kappa shape index (κ2) is 7.87. The quantitative estimate of drug-likeness (QED) is 0.427. The summed E-state index contributed by atoms with van der Waals surface area (Å²) >= 11 is 0. The van der Waals surface area contributed by atoms with Crippen LogP contribution < -0.4 is 0 Å². The number of hydrogen-bond acceptors (Lipinski definition) is 0. The molecule has 0 aliphatic heterocycles. The topological polar surface area (TPSA) is 0 Å². The largest absolute Gasteiger partial charge is 0.0847 e. The summed E-state index contributed by atoms with van der Waals surface area (Å²) in [5.74, 6) is 7.86. The standard InChI is InChI=1S/C27H46/c1-18(2)7-6-8-20(4)25-13-14-26-24-12-10-21-17-19(3)9-11-22(21)23(24)15-16-27(25,26)5/h10,18-20,22-26H,6-9,11-17H2,1-5H3/t19-,20+,22?,23?,24?,25+,26?,27+/m0/s1. The Balaban J connectivity index is 1.45. The first-order valence-electron chi connectivity index (χ1n) is 12.6. The van der Waals surface area contributed by atoms with E-state index in [1.807, 2.05) is 5.57 Å². The molecule has 0 heteroatoms. The second-order valence-electron chi connectivity index (χ2n) is 12.0. The van der Waals surface area contributed by atoms with E-state index in [0.29, 0.717) is 5.41 Å². The van der Waals surface area contributed by atoms with Gasteiger partial charge in [-0.15, -0.1) is 0 Å². The Morgan fingerprint density at radius 2 is 1.81 bits per heavy atom. The molecule has 0 amide bonds. The van der Waals surface area contributed by atoms with Crippen LogP contribution in [0.5, 0.6) is 0 Å². The number of fused-ring (bicyclic) bond motifs is 5. The van der Waals surface area contributed by atoms with Gasteiger partial charge in [0.15, 0.2) is 0 Å². The van der Waals surface area contributed by atoms with Crippen molar-refractivity contribution in [2.75, 3.05) is 0 Å². The van der Waals surface area contributed by atoms with Gasteiger partial charge in [0.2, 0.25) is 0 Å². The van der Waals surface area contributed by atoms with Crippen LogP contribution in [0.3, 0.4) is 0 Å². The van der Waals surface area contributed by atoms with Crippen molar-refractivity contribution in [2.45, 2.75) is 105 Å². The van der Waals surface area contributed by atoms with Crippen molar-refractivity contribution in [3.63, 3.8) is 0 Å². The molecule has 0 saturated heterocycles. The summed E-state index contributed by atoms with van der Waals surface area (Å²) in [7, 11) is 0. The highest BCUT2D eigenvalue weighted by molar-refractivity contribution is 5.19. The lowest BCUT2D eigenvalue weighted by Gasteiger charge is -2.54. The van der Waals surface area contributed by atoms with E-state index in [9.17, 15) is 0 Å². The number of hydrogen-bond donors (Lipinski definition) is 0. The molecule has 4 unspecified atom stereocenters. The van der Waals surface area contributed by atoms with Crippen molar-refractivity contribution in [1.29, 1.82) is 0 Å². The number of allylic oxidation sites excluding steroid dienone is 2. The van der Waals surface area contributed by atoms with Gasteiger partial charge in [-0.3, -0.25) is 0 Å². The van der Waals surface area contributed by atoms with Crippen molar-refractivity contribution in [3.8, 4) is 0 Å². The molecule has 27 heavy (non-hydrogen) atoms. The van der Waals surface area contributed by atoms with Gasteiger partial charge in [0, 0.05) is 0 Å². The van der Waals surface area contributed by atoms with Crippen molar-refractivity contribution in [1.82, 2.24) is 0 Å². The van der Waals surface area contributed by atoms with E-state index in [-0.39, 0.29) is 0 Å².